The summed E-state index contributed by atoms with van der Waals surface area (Å²) in [7, 11) is 3.33. The third-order valence-corrected chi connectivity index (χ3v) is 4.86. The second kappa shape index (κ2) is 6.61. The molecule has 140 valence electrons. The molecule has 0 N–H and O–H groups in total. The number of benzene rings is 1. The molecule has 4 rings (SSSR count). The lowest BCUT2D eigenvalue weighted by molar-refractivity contribution is 0.0829. The minimum Gasteiger partial charge on any atom is -0.349 e. The van der Waals surface area contributed by atoms with Crippen LogP contribution in [-0.4, -0.2) is 46.0 Å². The fourth-order valence-electron chi connectivity index (χ4n) is 3.55. The summed E-state index contributed by atoms with van der Waals surface area (Å²) in [6.07, 6.45) is 4.76. The number of carbonyl (C=O) groups excluding carboxylic acids is 1. The first-order chi connectivity index (χ1) is 13.0. The van der Waals surface area contributed by atoms with Crippen molar-refractivity contribution in [1.82, 2.24) is 19.5 Å². The van der Waals surface area contributed by atoms with Gasteiger partial charge in [0.2, 0.25) is 0 Å². The average Bonchev–Trinajstić information content (AvgIpc) is 3.29. The molecule has 8 heteroatoms. The maximum Gasteiger partial charge on any atom is 0.258 e. The molecule has 1 amide bonds. The van der Waals surface area contributed by atoms with Crippen molar-refractivity contribution in [2.75, 3.05) is 25.5 Å². The van der Waals surface area contributed by atoms with Gasteiger partial charge in [0.1, 0.15) is 23.0 Å². The van der Waals surface area contributed by atoms with Gasteiger partial charge in [0, 0.05) is 32.4 Å². The first kappa shape index (κ1) is 17.4. The van der Waals surface area contributed by atoms with Crippen molar-refractivity contribution in [1.29, 1.82) is 0 Å². The van der Waals surface area contributed by atoms with Gasteiger partial charge in [0.05, 0.1) is 12.2 Å². The molecule has 1 aliphatic rings. The number of aromatic nitrogens is 3. The molecule has 1 aliphatic heterocycles. The van der Waals surface area contributed by atoms with Gasteiger partial charge in [-0.05, 0) is 37.1 Å². The van der Waals surface area contributed by atoms with Crippen LogP contribution in [0, 0.1) is 11.6 Å². The number of fused-ring (bicyclic) bond motifs is 1. The van der Waals surface area contributed by atoms with Gasteiger partial charge in [0.15, 0.2) is 5.65 Å². The summed E-state index contributed by atoms with van der Waals surface area (Å²) in [6.45, 7) is 0.675. The molecule has 1 aromatic carbocycles. The summed E-state index contributed by atoms with van der Waals surface area (Å²) in [5, 5.41) is 4.17. The van der Waals surface area contributed by atoms with E-state index in [-0.39, 0.29) is 11.9 Å². The molecule has 3 heterocycles. The van der Waals surface area contributed by atoms with E-state index >= 15 is 0 Å². The maximum atomic E-state index is 14.3. The molecule has 1 unspecified atom stereocenters. The number of hydrogen-bond acceptors (Lipinski definition) is 4. The summed E-state index contributed by atoms with van der Waals surface area (Å²) < 4.78 is 29.5. The number of hydrogen-bond donors (Lipinski definition) is 0. The van der Waals surface area contributed by atoms with Crippen LogP contribution >= 0.6 is 0 Å². The van der Waals surface area contributed by atoms with Crippen molar-refractivity contribution in [2.45, 2.75) is 18.9 Å². The van der Waals surface area contributed by atoms with E-state index in [4.69, 9.17) is 0 Å². The molecular formula is C19H19F2N5O. The minimum atomic E-state index is -0.462. The monoisotopic (exact) mass is 371 g/mol. The van der Waals surface area contributed by atoms with Crippen molar-refractivity contribution >= 4 is 17.4 Å². The first-order valence-electron chi connectivity index (χ1n) is 8.73. The van der Waals surface area contributed by atoms with Gasteiger partial charge >= 0.3 is 0 Å². The molecule has 3 aromatic rings. The lowest BCUT2D eigenvalue weighted by Crippen LogP contribution is -2.25. The summed E-state index contributed by atoms with van der Waals surface area (Å²) >= 11 is 0. The predicted octanol–water partition coefficient (Wildman–Crippen LogP) is 3.05. The SMILES string of the molecule is CN(C)C(=O)c1cnn2ccc(N3CCCC3c3cc(F)ccc3F)nc12. The Morgan fingerprint density at radius 2 is 2.07 bits per heavy atom. The van der Waals surface area contributed by atoms with Crippen LogP contribution in [0.25, 0.3) is 5.65 Å². The zero-order valence-corrected chi connectivity index (χ0v) is 15.1. The van der Waals surface area contributed by atoms with E-state index in [0.717, 1.165) is 18.6 Å². The molecule has 0 saturated carbocycles. The van der Waals surface area contributed by atoms with Crippen LogP contribution < -0.4 is 4.90 Å². The highest BCUT2D eigenvalue weighted by Gasteiger charge is 2.30. The lowest BCUT2D eigenvalue weighted by Gasteiger charge is -2.26. The van der Waals surface area contributed by atoms with Gasteiger partial charge in [-0.25, -0.2) is 18.3 Å². The molecule has 0 radical (unpaired) electrons. The van der Waals surface area contributed by atoms with Crippen molar-refractivity contribution < 1.29 is 13.6 Å². The molecule has 27 heavy (non-hydrogen) atoms. The van der Waals surface area contributed by atoms with E-state index in [1.807, 2.05) is 4.90 Å². The van der Waals surface area contributed by atoms with Gasteiger partial charge in [-0.15, -0.1) is 0 Å². The fourth-order valence-corrected chi connectivity index (χ4v) is 3.55. The third kappa shape index (κ3) is 3.01. The number of rotatable bonds is 3. The fraction of sp³-hybridized carbons (Fsp3) is 0.316. The molecule has 1 atom stereocenters. The molecule has 6 nitrogen and oxygen atoms in total. The van der Waals surface area contributed by atoms with Crippen LogP contribution in [0.1, 0.15) is 34.8 Å². The summed E-state index contributed by atoms with van der Waals surface area (Å²) in [4.78, 5) is 20.4. The zero-order valence-electron chi connectivity index (χ0n) is 15.1. The van der Waals surface area contributed by atoms with Gasteiger partial charge < -0.3 is 9.80 Å². The Bertz CT molecular complexity index is 1020. The highest BCUT2D eigenvalue weighted by molar-refractivity contribution is 5.99. The van der Waals surface area contributed by atoms with E-state index in [1.165, 1.54) is 21.7 Å². The highest BCUT2D eigenvalue weighted by Crippen LogP contribution is 2.36. The Hall–Kier alpha value is -3.03. The van der Waals surface area contributed by atoms with Gasteiger partial charge in [-0.1, -0.05) is 0 Å². The topological polar surface area (TPSA) is 53.7 Å². The largest absolute Gasteiger partial charge is 0.349 e. The quantitative estimate of drug-likeness (QED) is 0.710. The van der Waals surface area contributed by atoms with Crippen LogP contribution in [0.3, 0.4) is 0 Å². The molecule has 0 spiro atoms. The van der Waals surface area contributed by atoms with Crippen molar-refractivity contribution in [3.8, 4) is 0 Å². The predicted molar refractivity (Wildman–Crippen MR) is 96.7 cm³/mol. The minimum absolute atomic E-state index is 0.191. The number of carbonyl (C=O) groups is 1. The molecular weight excluding hydrogens is 352 g/mol. The van der Waals surface area contributed by atoms with Crippen LogP contribution in [0.4, 0.5) is 14.6 Å². The number of halogens is 2. The average molecular weight is 371 g/mol. The lowest BCUT2D eigenvalue weighted by atomic mass is 10.0. The Kier molecular flexibility index (Phi) is 4.25. The van der Waals surface area contributed by atoms with E-state index in [2.05, 4.69) is 10.1 Å². The van der Waals surface area contributed by atoms with Crippen LogP contribution in [0.5, 0.6) is 0 Å². The molecule has 0 aliphatic carbocycles. The van der Waals surface area contributed by atoms with E-state index < -0.39 is 11.6 Å². The Labute approximate surface area is 155 Å². The summed E-state index contributed by atoms with van der Waals surface area (Å²) in [5.41, 5.74) is 1.17. The first-order valence-corrected chi connectivity index (χ1v) is 8.73. The molecule has 0 bridgehead atoms. The number of amides is 1. The number of anilines is 1. The normalized spacial score (nSPS) is 16.9. The second-order valence-corrected chi connectivity index (χ2v) is 6.83. The van der Waals surface area contributed by atoms with Gasteiger partial charge in [-0.3, -0.25) is 4.79 Å². The summed E-state index contributed by atoms with van der Waals surface area (Å²) in [6, 6.07) is 5.00. The smallest absolute Gasteiger partial charge is 0.258 e. The van der Waals surface area contributed by atoms with Crippen LogP contribution in [0.15, 0.2) is 36.7 Å². The van der Waals surface area contributed by atoms with Crippen LogP contribution in [-0.2, 0) is 0 Å². The van der Waals surface area contributed by atoms with E-state index in [0.29, 0.717) is 35.6 Å². The highest BCUT2D eigenvalue weighted by atomic mass is 19.1. The number of nitrogens with zero attached hydrogens (tertiary/aromatic N) is 5. The van der Waals surface area contributed by atoms with Gasteiger partial charge in [0.25, 0.3) is 5.91 Å². The standard InChI is InChI=1S/C19H19F2N5O/c1-24(2)19(27)14-11-22-26-9-7-17(23-18(14)26)25-8-3-4-16(25)13-10-12(20)5-6-15(13)21/h5-7,9-11,16H,3-4,8H2,1-2H3. The van der Waals surface area contributed by atoms with Gasteiger partial charge in [-0.2, -0.15) is 5.10 Å². The summed E-state index contributed by atoms with van der Waals surface area (Å²) in [5.74, 6) is -0.468. The Morgan fingerprint density at radius 1 is 1.26 bits per heavy atom. The van der Waals surface area contributed by atoms with Crippen molar-refractivity contribution in [3.63, 3.8) is 0 Å². The molecule has 1 fully saturated rings. The van der Waals surface area contributed by atoms with Crippen molar-refractivity contribution in [2.24, 2.45) is 0 Å². The van der Waals surface area contributed by atoms with E-state index in [9.17, 15) is 13.6 Å². The van der Waals surface area contributed by atoms with Crippen LogP contribution in [0.2, 0.25) is 0 Å². The maximum absolute atomic E-state index is 14.3. The molecule has 2 aromatic heterocycles. The Morgan fingerprint density at radius 3 is 2.85 bits per heavy atom. The van der Waals surface area contributed by atoms with E-state index in [1.54, 1.807) is 26.4 Å². The third-order valence-electron chi connectivity index (χ3n) is 4.86. The zero-order chi connectivity index (χ0) is 19.1. The Balaban J connectivity index is 1.75. The molecule has 1 saturated heterocycles. The second-order valence-electron chi connectivity index (χ2n) is 6.83. The van der Waals surface area contributed by atoms with Crippen molar-refractivity contribution in [3.05, 3.63) is 59.4 Å².